The normalized spacial score (nSPS) is 16.1. The third-order valence-electron chi connectivity index (χ3n) is 6.65. The molecule has 2 saturated heterocycles. The van der Waals surface area contributed by atoms with Gasteiger partial charge in [0.25, 0.3) is 5.91 Å². The number of carbonyl (C=O) groups excluding carboxylic acids is 1. The Bertz CT molecular complexity index is 1340. The first-order valence-electron chi connectivity index (χ1n) is 12.0. The highest BCUT2D eigenvalue weighted by molar-refractivity contribution is 6.11. The summed E-state index contributed by atoms with van der Waals surface area (Å²) in [5.74, 6) is 0.674. The molecule has 1 amide bonds. The number of morpholine rings is 1. The fourth-order valence-corrected chi connectivity index (χ4v) is 4.73. The molecule has 35 heavy (non-hydrogen) atoms. The van der Waals surface area contributed by atoms with Crippen molar-refractivity contribution in [1.29, 1.82) is 0 Å². The second-order valence-corrected chi connectivity index (χ2v) is 8.92. The largest absolute Gasteiger partial charge is 0.378 e. The summed E-state index contributed by atoms with van der Waals surface area (Å²) in [6.45, 7) is 5.21. The average Bonchev–Trinajstić information content (AvgIpc) is 3.60. The van der Waals surface area contributed by atoms with Crippen LogP contribution in [0.15, 0.2) is 55.0 Å². The number of nitrogens with zero attached hydrogens (tertiary/aromatic N) is 5. The number of ether oxygens (including phenoxy) is 1. The maximum absolute atomic E-state index is 13.1. The molecular formula is C26H27N7O2. The van der Waals surface area contributed by atoms with E-state index in [4.69, 9.17) is 4.74 Å². The zero-order chi connectivity index (χ0) is 23.6. The first-order valence-corrected chi connectivity index (χ1v) is 12.0. The number of hydrogen-bond acceptors (Lipinski definition) is 7. The van der Waals surface area contributed by atoms with E-state index in [1.165, 1.54) is 12.8 Å². The van der Waals surface area contributed by atoms with Crippen LogP contribution in [0.25, 0.3) is 22.0 Å². The van der Waals surface area contributed by atoms with E-state index in [0.717, 1.165) is 72.9 Å². The van der Waals surface area contributed by atoms with Crippen LogP contribution in [0.4, 0.5) is 17.2 Å². The molecular weight excluding hydrogens is 442 g/mol. The minimum Gasteiger partial charge on any atom is -0.378 e. The molecule has 3 aromatic heterocycles. The van der Waals surface area contributed by atoms with Crippen LogP contribution in [0.2, 0.25) is 0 Å². The van der Waals surface area contributed by atoms with Crippen molar-refractivity contribution < 1.29 is 9.53 Å². The molecule has 2 fully saturated rings. The molecule has 0 saturated carbocycles. The molecule has 5 heterocycles. The molecule has 0 radical (unpaired) electrons. The van der Waals surface area contributed by atoms with E-state index in [2.05, 4.69) is 41.3 Å². The van der Waals surface area contributed by atoms with Crippen molar-refractivity contribution in [1.82, 2.24) is 20.2 Å². The van der Waals surface area contributed by atoms with Crippen LogP contribution in [0.3, 0.4) is 0 Å². The molecule has 0 bridgehead atoms. The highest BCUT2D eigenvalue weighted by Gasteiger charge is 2.18. The molecule has 178 valence electrons. The van der Waals surface area contributed by atoms with Crippen molar-refractivity contribution >= 4 is 34.0 Å². The maximum Gasteiger partial charge on any atom is 0.276 e. The Kier molecular flexibility index (Phi) is 5.75. The number of pyridine rings is 2. The van der Waals surface area contributed by atoms with Crippen molar-refractivity contribution in [2.24, 2.45) is 0 Å². The van der Waals surface area contributed by atoms with Crippen LogP contribution < -0.4 is 15.1 Å². The predicted octanol–water partition coefficient (Wildman–Crippen LogP) is 3.71. The second-order valence-electron chi connectivity index (χ2n) is 8.92. The third-order valence-corrected chi connectivity index (χ3v) is 6.65. The van der Waals surface area contributed by atoms with Crippen molar-refractivity contribution in [2.75, 3.05) is 54.5 Å². The molecule has 2 N–H and O–H groups in total. The first-order chi connectivity index (χ1) is 17.2. The van der Waals surface area contributed by atoms with E-state index in [9.17, 15) is 4.79 Å². The summed E-state index contributed by atoms with van der Waals surface area (Å²) in [4.78, 5) is 26.6. The summed E-state index contributed by atoms with van der Waals surface area (Å²) in [6, 6.07) is 11.9. The SMILES string of the molecule is O=C(Nc1ccc(N2CCCC2)nc1)c1n[nH]c2ccc(-c3cncc(N4CCOCC4)c3)cc12. The Morgan fingerprint density at radius 3 is 2.57 bits per heavy atom. The summed E-state index contributed by atoms with van der Waals surface area (Å²) >= 11 is 0. The minimum absolute atomic E-state index is 0.274. The third kappa shape index (κ3) is 4.42. The zero-order valence-corrected chi connectivity index (χ0v) is 19.4. The number of nitrogens with one attached hydrogen (secondary N) is 2. The van der Waals surface area contributed by atoms with Crippen LogP contribution in [0, 0.1) is 0 Å². The molecule has 0 atom stereocenters. The van der Waals surface area contributed by atoms with Gasteiger partial charge in [0.15, 0.2) is 5.69 Å². The van der Waals surface area contributed by atoms with E-state index >= 15 is 0 Å². The summed E-state index contributed by atoms with van der Waals surface area (Å²) in [5.41, 5.74) is 4.84. The highest BCUT2D eigenvalue weighted by atomic mass is 16.5. The second kappa shape index (κ2) is 9.34. The van der Waals surface area contributed by atoms with Gasteiger partial charge in [-0.3, -0.25) is 14.9 Å². The number of aromatic nitrogens is 4. The van der Waals surface area contributed by atoms with E-state index in [-0.39, 0.29) is 5.91 Å². The maximum atomic E-state index is 13.1. The van der Waals surface area contributed by atoms with Crippen LogP contribution in [0.5, 0.6) is 0 Å². The van der Waals surface area contributed by atoms with Gasteiger partial charge >= 0.3 is 0 Å². The van der Waals surface area contributed by atoms with Gasteiger partial charge in [0, 0.05) is 43.3 Å². The van der Waals surface area contributed by atoms with Gasteiger partial charge in [0.2, 0.25) is 0 Å². The molecule has 2 aliphatic heterocycles. The van der Waals surface area contributed by atoms with Crippen molar-refractivity contribution in [3.05, 3.63) is 60.7 Å². The van der Waals surface area contributed by atoms with Crippen LogP contribution in [0.1, 0.15) is 23.3 Å². The quantitative estimate of drug-likeness (QED) is 0.460. The summed E-state index contributed by atoms with van der Waals surface area (Å²) in [6.07, 6.45) is 7.82. The Balaban J connectivity index is 1.23. The van der Waals surface area contributed by atoms with Gasteiger partial charge in [-0.05, 0) is 48.7 Å². The van der Waals surface area contributed by atoms with Gasteiger partial charge in [-0.1, -0.05) is 6.07 Å². The van der Waals surface area contributed by atoms with Gasteiger partial charge in [-0.2, -0.15) is 5.10 Å². The van der Waals surface area contributed by atoms with Gasteiger partial charge < -0.3 is 19.9 Å². The van der Waals surface area contributed by atoms with Crippen LogP contribution in [-0.2, 0) is 4.74 Å². The average molecular weight is 470 g/mol. The van der Waals surface area contributed by atoms with Crippen molar-refractivity contribution in [2.45, 2.75) is 12.8 Å². The van der Waals surface area contributed by atoms with E-state index in [1.54, 1.807) is 6.20 Å². The number of amides is 1. The lowest BCUT2D eigenvalue weighted by Gasteiger charge is -2.28. The summed E-state index contributed by atoms with van der Waals surface area (Å²) < 4.78 is 5.47. The van der Waals surface area contributed by atoms with Crippen LogP contribution in [-0.4, -0.2) is 65.5 Å². The number of aromatic amines is 1. The molecule has 2 aliphatic rings. The number of fused-ring (bicyclic) bond motifs is 1. The Labute approximate surface area is 203 Å². The van der Waals surface area contributed by atoms with E-state index in [0.29, 0.717) is 11.4 Å². The summed E-state index contributed by atoms with van der Waals surface area (Å²) in [5, 5.41) is 11.0. The Hall–Kier alpha value is -3.98. The molecule has 1 aromatic carbocycles. The molecule has 9 nitrogen and oxygen atoms in total. The topological polar surface area (TPSA) is 99.3 Å². The number of carbonyl (C=O) groups is 1. The zero-order valence-electron chi connectivity index (χ0n) is 19.4. The molecule has 9 heteroatoms. The van der Waals surface area contributed by atoms with Gasteiger partial charge in [0.1, 0.15) is 5.82 Å². The standard InChI is InChI=1S/C26H27N7O2/c34-26(29-20-4-6-24(28-16-20)33-7-1-2-8-33)25-22-14-18(3-5-23(22)30-31-25)19-13-21(17-27-15-19)32-9-11-35-12-10-32/h3-6,13-17H,1-2,7-12H2,(H,29,34)(H,30,31). The first kappa shape index (κ1) is 21.5. The Morgan fingerprint density at radius 2 is 1.77 bits per heavy atom. The lowest BCUT2D eigenvalue weighted by molar-refractivity contribution is 0.102. The lowest BCUT2D eigenvalue weighted by Crippen LogP contribution is -2.36. The smallest absolute Gasteiger partial charge is 0.276 e. The minimum atomic E-state index is -0.274. The lowest BCUT2D eigenvalue weighted by atomic mass is 10.0. The molecule has 4 aromatic rings. The fourth-order valence-electron chi connectivity index (χ4n) is 4.73. The van der Waals surface area contributed by atoms with Gasteiger partial charge in [0.05, 0.1) is 42.5 Å². The number of hydrogen-bond donors (Lipinski definition) is 2. The van der Waals surface area contributed by atoms with Crippen molar-refractivity contribution in [3.63, 3.8) is 0 Å². The number of anilines is 3. The van der Waals surface area contributed by atoms with Gasteiger partial charge in [-0.25, -0.2) is 4.98 Å². The van der Waals surface area contributed by atoms with Gasteiger partial charge in [-0.15, -0.1) is 0 Å². The fraction of sp³-hybridized carbons (Fsp3) is 0.308. The monoisotopic (exact) mass is 469 g/mol. The van der Waals surface area contributed by atoms with Crippen molar-refractivity contribution in [3.8, 4) is 11.1 Å². The highest BCUT2D eigenvalue weighted by Crippen LogP contribution is 2.28. The number of rotatable bonds is 5. The predicted molar refractivity (Wildman–Crippen MR) is 136 cm³/mol. The van der Waals surface area contributed by atoms with E-state index < -0.39 is 0 Å². The Morgan fingerprint density at radius 1 is 0.914 bits per heavy atom. The molecule has 0 spiro atoms. The number of benzene rings is 1. The van der Waals surface area contributed by atoms with Crippen LogP contribution >= 0.6 is 0 Å². The van der Waals surface area contributed by atoms with E-state index in [1.807, 2.05) is 42.7 Å². The summed E-state index contributed by atoms with van der Waals surface area (Å²) in [7, 11) is 0. The molecule has 6 rings (SSSR count). The molecule has 0 unspecified atom stereocenters. The molecule has 0 aliphatic carbocycles. The number of H-pyrrole nitrogens is 1.